The van der Waals surface area contributed by atoms with Gasteiger partial charge in [-0.3, -0.25) is 9.89 Å². The smallest absolute Gasteiger partial charge is 0.191 e. The van der Waals surface area contributed by atoms with E-state index in [0.29, 0.717) is 13.1 Å². The van der Waals surface area contributed by atoms with Gasteiger partial charge in [-0.1, -0.05) is 42.5 Å². The van der Waals surface area contributed by atoms with E-state index in [-0.39, 0.29) is 11.7 Å². The van der Waals surface area contributed by atoms with Gasteiger partial charge in [-0.05, 0) is 50.8 Å². The first-order valence-electron chi connectivity index (χ1n) is 11.5. The Morgan fingerprint density at radius 1 is 1.00 bits per heavy atom. The van der Waals surface area contributed by atoms with E-state index < -0.39 is 0 Å². The normalized spacial score (nSPS) is 16.1. The highest BCUT2D eigenvalue weighted by atomic mass is 16.5. The molecule has 1 aliphatic rings. The first kappa shape index (κ1) is 24.1. The highest BCUT2D eigenvalue weighted by Crippen LogP contribution is 2.22. The third kappa shape index (κ3) is 7.84. The monoisotopic (exact) mass is 438 g/mol. The number of likely N-dealkylation sites (tertiary alicyclic amines) is 1. The van der Waals surface area contributed by atoms with Crippen molar-refractivity contribution in [1.82, 2.24) is 15.5 Å². The minimum absolute atomic E-state index is 0.123. The lowest BCUT2D eigenvalue weighted by molar-refractivity contribution is 0.0792. The van der Waals surface area contributed by atoms with E-state index in [1.54, 1.807) is 7.05 Å². The number of nitrogens with zero attached hydrogens (tertiary/aromatic N) is 2. The number of hydrogen-bond acceptors (Lipinski definition) is 4. The summed E-state index contributed by atoms with van der Waals surface area (Å²) in [5.74, 6) is 1.65. The fourth-order valence-corrected chi connectivity index (χ4v) is 3.76. The lowest BCUT2D eigenvalue weighted by Gasteiger charge is -2.29. The maximum atomic E-state index is 9.66. The first-order chi connectivity index (χ1) is 15.3. The van der Waals surface area contributed by atoms with Crippen molar-refractivity contribution in [2.45, 2.75) is 65.0 Å². The second-order valence-corrected chi connectivity index (χ2v) is 9.43. The van der Waals surface area contributed by atoms with Crippen LogP contribution in [0.5, 0.6) is 5.75 Å². The summed E-state index contributed by atoms with van der Waals surface area (Å²) in [5, 5.41) is 16.4. The van der Waals surface area contributed by atoms with E-state index in [1.165, 1.54) is 11.1 Å². The number of benzene rings is 2. The number of piperidine rings is 1. The molecule has 0 bridgehead atoms. The van der Waals surface area contributed by atoms with Gasteiger partial charge in [0, 0.05) is 45.3 Å². The van der Waals surface area contributed by atoms with Crippen molar-refractivity contribution < 1.29 is 9.84 Å². The number of guanidine groups is 1. The van der Waals surface area contributed by atoms with Crippen LogP contribution in [0.3, 0.4) is 0 Å². The van der Waals surface area contributed by atoms with Crippen molar-refractivity contribution in [1.29, 1.82) is 0 Å². The average molecular weight is 439 g/mol. The van der Waals surface area contributed by atoms with Crippen molar-refractivity contribution in [3.8, 4) is 5.75 Å². The molecular formula is C26H38N4O2. The summed E-state index contributed by atoms with van der Waals surface area (Å²) in [7, 11) is 1.78. The van der Waals surface area contributed by atoms with Crippen LogP contribution < -0.4 is 15.4 Å². The molecular weight excluding hydrogens is 400 g/mol. The van der Waals surface area contributed by atoms with Crippen LogP contribution >= 0.6 is 0 Å². The van der Waals surface area contributed by atoms with Gasteiger partial charge in [0.05, 0.1) is 6.10 Å². The Labute approximate surface area is 192 Å². The number of aliphatic hydroxyl groups is 1. The van der Waals surface area contributed by atoms with Crippen molar-refractivity contribution >= 4 is 5.96 Å². The molecule has 174 valence electrons. The molecule has 0 spiro atoms. The maximum Gasteiger partial charge on any atom is 0.191 e. The Balaban J connectivity index is 1.48. The summed E-state index contributed by atoms with van der Waals surface area (Å²) in [6.45, 7) is 10.4. The second-order valence-electron chi connectivity index (χ2n) is 9.43. The quantitative estimate of drug-likeness (QED) is 0.454. The molecule has 0 radical (unpaired) electrons. The van der Waals surface area contributed by atoms with E-state index in [0.717, 1.165) is 49.7 Å². The summed E-state index contributed by atoms with van der Waals surface area (Å²) < 4.78 is 6.08. The summed E-state index contributed by atoms with van der Waals surface area (Å²) in [6.07, 6.45) is 1.63. The van der Waals surface area contributed by atoms with Crippen LogP contribution in [0.15, 0.2) is 53.5 Å². The summed E-state index contributed by atoms with van der Waals surface area (Å²) >= 11 is 0. The Morgan fingerprint density at radius 2 is 1.62 bits per heavy atom. The SMILES string of the molecule is CN=C(NCc1ccc(CN2CCC(O)CC2)cc1)NCc1ccccc1OC(C)(C)C. The van der Waals surface area contributed by atoms with Gasteiger partial charge in [0.1, 0.15) is 11.4 Å². The molecule has 1 fully saturated rings. The zero-order valence-electron chi connectivity index (χ0n) is 19.9. The fourth-order valence-electron chi connectivity index (χ4n) is 3.76. The zero-order valence-corrected chi connectivity index (χ0v) is 19.9. The highest BCUT2D eigenvalue weighted by Gasteiger charge is 2.17. The number of hydrogen-bond donors (Lipinski definition) is 3. The van der Waals surface area contributed by atoms with Gasteiger partial charge < -0.3 is 20.5 Å². The largest absolute Gasteiger partial charge is 0.488 e. The first-order valence-corrected chi connectivity index (χ1v) is 11.5. The van der Waals surface area contributed by atoms with Crippen molar-refractivity contribution in [3.63, 3.8) is 0 Å². The zero-order chi connectivity index (χ0) is 23.0. The Hall–Kier alpha value is -2.57. The van der Waals surface area contributed by atoms with Crippen LogP contribution in [0.4, 0.5) is 0 Å². The molecule has 3 rings (SSSR count). The molecule has 6 nitrogen and oxygen atoms in total. The third-order valence-corrected chi connectivity index (χ3v) is 5.50. The van der Waals surface area contributed by atoms with Crippen LogP contribution in [-0.4, -0.2) is 47.8 Å². The predicted octanol–water partition coefficient (Wildman–Crippen LogP) is 3.69. The number of aliphatic imine (C=N–C) groups is 1. The summed E-state index contributed by atoms with van der Waals surface area (Å²) in [6, 6.07) is 16.8. The molecule has 2 aromatic rings. The molecule has 1 heterocycles. The van der Waals surface area contributed by atoms with Crippen LogP contribution in [0.1, 0.15) is 50.3 Å². The van der Waals surface area contributed by atoms with Gasteiger partial charge in [0.2, 0.25) is 0 Å². The number of nitrogens with one attached hydrogen (secondary N) is 2. The molecule has 1 aliphatic heterocycles. The van der Waals surface area contributed by atoms with Crippen molar-refractivity contribution in [2.75, 3.05) is 20.1 Å². The van der Waals surface area contributed by atoms with Gasteiger partial charge in [-0.25, -0.2) is 0 Å². The molecule has 0 unspecified atom stereocenters. The van der Waals surface area contributed by atoms with Crippen LogP contribution in [-0.2, 0) is 19.6 Å². The molecule has 2 aromatic carbocycles. The lowest BCUT2D eigenvalue weighted by Crippen LogP contribution is -2.36. The summed E-state index contributed by atoms with van der Waals surface area (Å²) in [5.41, 5.74) is 3.38. The lowest BCUT2D eigenvalue weighted by atomic mass is 10.1. The standard InChI is InChI=1S/C26H38N4O2/c1-26(2,3)32-24-8-6-5-7-22(24)18-29-25(27-4)28-17-20-9-11-21(12-10-20)19-30-15-13-23(31)14-16-30/h5-12,23,31H,13-19H2,1-4H3,(H2,27,28,29). The predicted molar refractivity (Wildman–Crippen MR) is 131 cm³/mol. The second kappa shape index (κ2) is 11.3. The number of para-hydroxylation sites is 1. The Kier molecular flexibility index (Phi) is 8.53. The Morgan fingerprint density at radius 3 is 2.28 bits per heavy atom. The van der Waals surface area contributed by atoms with Gasteiger partial charge in [0.25, 0.3) is 0 Å². The van der Waals surface area contributed by atoms with Gasteiger partial charge >= 0.3 is 0 Å². The molecule has 0 aromatic heterocycles. The number of rotatable bonds is 7. The van der Waals surface area contributed by atoms with E-state index in [1.807, 2.05) is 18.2 Å². The molecule has 0 atom stereocenters. The minimum Gasteiger partial charge on any atom is -0.488 e. The Bertz CT molecular complexity index is 866. The van der Waals surface area contributed by atoms with Crippen LogP contribution in [0.25, 0.3) is 0 Å². The molecule has 6 heteroatoms. The molecule has 0 amide bonds. The van der Waals surface area contributed by atoms with Gasteiger partial charge in [-0.15, -0.1) is 0 Å². The number of ether oxygens (including phenoxy) is 1. The molecule has 3 N–H and O–H groups in total. The highest BCUT2D eigenvalue weighted by molar-refractivity contribution is 5.79. The third-order valence-electron chi connectivity index (χ3n) is 5.50. The molecule has 1 saturated heterocycles. The summed E-state index contributed by atoms with van der Waals surface area (Å²) in [4.78, 5) is 6.76. The van der Waals surface area contributed by atoms with Crippen molar-refractivity contribution in [2.24, 2.45) is 4.99 Å². The van der Waals surface area contributed by atoms with Crippen LogP contribution in [0.2, 0.25) is 0 Å². The number of aliphatic hydroxyl groups excluding tert-OH is 1. The van der Waals surface area contributed by atoms with E-state index >= 15 is 0 Å². The van der Waals surface area contributed by atoms with Crippen molar-refractivity contribution in [3.05, 3.63) is 65.2 Å². The average Bonchev–Trinajstić information content (AvgIpc) is 2.76. The minimum atomic E-state index is -0.239. The topological polar surface area (TPSA) is 69.1 Å². The molecule has 32 heavy (non-hydrogen) atoms. The fraction of sp³-hybridized carbons (Fsp3) is 0.500. The van der Waals surface area contributed by atoms with E-state index in [4.69, 9.17) is 4.74 Å². The van der Waals surface area contributed by atoms with Gasteiger partial charge in [0.15, 0.2) is 5.96 Å². The molecule has 0 saturated carbocycles. The maximum absolute atomic E-state index is 9.66. The van der Waals surface area contributed by atoms with Crippen LogP contribution in [0, 0.1) is 0 Å². The van der Waals surface area contributed by atoms with Gasteiger partial charge in [-0.2, -0.15) is 0 Å². The van der Waals surface area contributed by atoms with E-state index in [9.17, 15) is 5.11 Å². The van der Waals surface area contributed by atoms with E-state index in [2.05, 4.69) is 71.6 Å². The molecule has 0 aliphatic carbocycles.